The summed E-state index contributed by atoms with van der Waals surface area (Å²) in [4.78, 5) is 8.54. The lowest BCUT2D eigenvalue weighted by Crippen LogP contribution is -2.26. The minimum atomic E-state index is -0.878. The lowest BCUT2D eigenvalue weighted by atomic mass is 9.98. The van der Waals surface area contributed by atoms with Crippen molar-refractivity contribution >= 4 is 23.2 Å². The highest BCUT2D eigenvalue weighted by Gasteiger charge is 2.16. The molecule has 0 bridgehead atoms. The van der Waals surface area contributed by atoms with E-state index >= 15 is 0 Å². The van der Waals surface area contributed by atoms with Crippen LogP contribution in [0.25, 0.3) is 28.0 Å². The van der Waals surface area contributed by atoms with E-state index in [-0.39, 0.29) is 5.69 Å². The molecule has 0 radical (unpaired) electrons. The Labute approximate surface area is 212 Å². The quantitative estimate of drug-likeness (QED) is 0.285. The van der Waals surface area contributed by atoms with E-state index in [1.165, 1.54) is 18.1 Å². The summed E-state index contributed by atoms with van der Waals surface area (Å²) in [6.45, 7) is 3.81. The minimum Gasteiger partial charge on any atom is -0.404 e. The number of nitrogens with two attached hydrogens (primary N) is 1. The number of nitrogens with one attached hydrogen (secondary N) is 1. The molecule has 0 saturated heterocycles. The smallest absolute Gasteiger partial charge is 0.152 e. The molecule has 36 heavy (non-hydrogen) atoms. The van der Waals surface area contributed by atoms with E-state index < -0.39 is 17.2 Å². The van der Waals surface area contributed by atoms with Gasteiger partial charge in [-0.2, -0.15) is 5.10 Å². The normalized spacial score (nSPS) is 12.1. The van der Waals surface area contributed by atoms with Crippen molar-refractivity contribution in [3.63, 3.8) is 0 Å². The van der Waals surface area contributed by atoms with Crippen LogP contribution in [0, 0.1) is 11.6 Å². The first-order chi connectivity index (χ1) is 17.2. The molecule has 3 aromatic heterocycles. The average Bonchev–Trinajstić information content (AvgIpc) is 3.27. The number of hydrogen-bond acceptors (Lipinski definition) is 7. The summed E-state index contributed by atoms with van der Waals surface area (Å²) in [6.07, 6.45) is 9.58. The first kappa shape index (κ1) is 25.3. The number of aromatic nitrogens is 4. The number of hydrogen-bond donors (Lipinski definition) is 3. The molecule has 0 fully saturated rings. The Bertz CT molecular complexity index is 1400. The number of rotatable bonds is 8. The lowest BCUT2D eigenvalue weighted by molar-refractivity contribution is 0.0577. The first-order valence-corrected chi connectivity index (χ1v) is 12.3. The lowest BCUT2D eigenvalue weighted by Gasteiger charge is -2.16. The van der Waals surface area contributed by atoms with Crippen molar-refractivity contribution in [2.45, 2.75) is 26.0 Å². The van der Waals surface area contributed by atoms with Crippen LogP contribution >= 0.6 is 11.9 Å². The molecule has 186 valence electrons. The molecule has 0 aliphatic carbocycles. The monoisotopic (exact) mass is 508 g/mol. The van der Waals surface area contributed by atoms with Gasteiger partial charge in [0.15, 0.2) is 5.82 Å². The Morgan fingerprint density at radius 2 is 1.89 bits per heavy atom. The van der Waals surface area contributed by atoms with Gasteiger partial charge in [-0.3, -0.25) is 14.6 Å². The van der Waals surface area contributed by atoms with Crippen LogP contribution in [-0.4, -0.2) is 36.7 Å². The second-order valence-electron chi connectivity index (χ2n) is 8.84. The SMILES string of the molecule is CSNc1cc(C(=CN)c2ccc(-c3cnn(CC(C)(C)O)c3)cn2)cc(-c2ncc(F)cc2F)c1. The molecule has 7 nitrogen and oxygen atoms in total. The van der Waals surface area contributed by atoms with Crippen LogP contribution in [0.1, 0.15) is 25.1 Å². The Morgan fingerprint density at radius 1 is 1.08 bits per heavy atom. The molecule has 0 spiro atoms. The summed E-state index contributed by atoms with van der Waals surface area (Å²) in [7, 11) is 0. The molecule has 0 amide bonds. The first-order valence-electron chi connectivity index (χ1n) is 11.1. The van der Waals surface area contributed by atoms with Gasteiger partial charge in [0.1, 0.15) is 11.5 Å². The van der Waals surface area contributed by atoms with E-state index in [9.17, 15) is 13.9 Å². The molecule has 0 atom stereocenters. The van der Waals surface area contributed by atoms with Crippen molar-refractivity contribution in [1.29, 1.82) is 0 Å². The topological polar surface area (TPSA) is 102 Å². The summed E-state index contributed by atoms with van der Waals surface area (Å²) in [5.41, 5.74) is 9.99. The summed E-state index contributed by atoms with van der Waals surface area (Å²) >= 11 is 1.38. The van der Waals surface area contributed by atoms with E-state index in [2.05, 4.69) is 19.8 Å². The van der Waals surface area contributed by atoms with Crippen LogP contribution in [0.2, 0.25) is 0 Å². The fourth-order valence-corrected chi connectivity index (χ4v) is 4.13. The number of anilines is 1. The largest absolute Gasteiger partial charge is 0.404 e. The van der Waals surface area contributed by atoms with Crippen molar-refractivity contribution in [2.75, 3.05) is 11.0 Å². The maximum absolute atomic E-state index is 14.5. The molecule has 1 aromatic carbocycles. The van der Waals surface area contributed by atoms with Crippen LogP contribution in [-0.2, 0) is 6.54 Å². The van der Waals surface area contributed by atoms with E-state index in [4.69, 9.17) is 5.73 Å². The number of benzene rings is 1. The summed E-state index contributed by atoms with van der Waals surface area (Å²) < 4.78 is 32.7. The van der Waals surface area contributed by atoms with Crippen molar-refractivity contribution in [3.05, 3.63) is 90.3 Å². The van der Waals surface area contributed by atoms with Crippen molar-refractivity contribution in [2.24, 2.45) is 5.73 Å². The predicted molar refractivity (Wildman–Crippen MR) is 140 cm³/mol. The fourth-order valence-electron chi connectivity index (χ4n) is 3.77. The van der Waals surface area contributed by atoms with Gasteiger partial charge in [-0.25, -0.2) is 8.78 Å². The van der Waals surface area contributed by atoms with Gasteiger partial charge in [0.2, 0.25) is 0 Å². The third-order valence-electron chi connectivity index (χ3n) is 5.27. The fraction of sp³-hybridized carbons (Fsp3) is 0.192. The molecule has 10 heteroatoms. The van der Waals surface area contributed by atoms with Gasteiger partial charge in [-0.05, 0) is 43.7 Å². The van der Waals surface area contributed by atoms with E-state index in [0.717, 1.165) is 23.4 Å². The number of pyridine rings is 2. The predicted octanol–water partition coefficient (Wildman–Crippen LogP) is 5.09. The molecule has 3 heterocycles. The maximum atomic E-state index is 14.5. The Morgan fingerprint density at radius 3 is 2.53 bits per heavy atom. The van der Waals surface area contributed by atoms with Gasteiger partial charge in [-0.1, -0.05) is 18.0 Å². The van der Waals surface area contributed by atoms with E-state index in [0.29, 0.717) is 34.6 Å². The van der Waals surface area contributed by atoms with Gasteiger partial charge in [0, 0.05) is 58.9 Å². The molecular weight excluding hydrogens is 482 g/mol. The Hall–Kier alpha value is -3.76. The van der Waals surface area contributed by atoms with Gasteiger partial charge in [0.05, 0.1) is 30.2 Å². The zero-order valence-corrected chi connectivity index (χ0v) is 20.9. The highest BCUT2D eigenvalue weighted by Crippen LogP contribution is 2.32. The van der Waals surface area contributed by atoms with Crippen molar-refractivity contribution in [1.82, 2.24) is 19.7 Å². The molecule has 0 aliphatic heterocycles. The second-order valence-corrected chi connectivity index (χ2v) is 9.45. The third-order valence-corrected chi connectivity index (χ3v) is 5.71. The van der Waals surface area contributed by atoms with E-state index in [1.807, 2.05) is 30.7 Å². The van der Waals surface area contributed by atoms with Crippen molar-refractivity contribution in [3.8, 4) is 22.4 Å². The van der Waals surface area contributed by atoms with Crippen LogP contribution in [0.3, 0.4) is 0 Å². The number of halogens is 2. The summed E-state index contributed by atoms with van der Waals surface area (Å²) in [6, 6.07) is 9.90. The molecular formula is C26H26F2N6OS. The molecule has 4 N–H and O–H groups in total. The molecule has 0 aliphatic rings. The molecule has 4 aromatic rings. The average molecular weight is 509 g/mol. The summed E-state index contributed by atoms with van der Waals surface area (Å²) in [5.74, 6) is -1.50. The zero-order chi connectivity index (χ0) is 25.9. The third kappa shape index (κ3) is 5.89. The molecule has 0 unspecified atom stereocenters. The van der Waals surface area contributed by atoms with Gasteiger partial charge in [-0.15, -0.1) is 0 Å². The van der Waals surface area contributed by atoms with Crippen LogP contribution < -0.4 is 10.5 Å². The zero-order valence-electron chi connectivity index (χ0n) is 20.0. The molecule has 0 saturated carbocycles. The van der Waals surface area contributed by atoms with Crippen molar-refractivity contribution < 1.29 is 13.9 Å². The highest BCUT2D eigenvalue weighted by atomic mass is 32.2. The van der Waals surface area contributed by atoms with Crippen LogP contribution in [0.15, 0.2) is 67.4 Å². The Balaban J connectivity index is 1.67. The second kappa shape index (κ2) is 10.5. The van der Waals surface area contributed by atoms with E-state index in [1.54, 1.807) is 43.1 Å². The highest BCUT2D eigenvalue weighted by molar-refractivity contribution is 7.99. The number of aliphatic hydroxyl groups is 1. The maximum Gasteiger partial charge on any atom is 0.152 e. The Kier molecular flexibility index (Phi) is 7.37. The standard InChI is InChI=1S/C26H26F2N6OS/c1-26(2,35)15-34-14-19(12-32-34)16-4-5-24(30-11-16)22(10-29)17-6-18(8-21(7-17)33-36-3)25-23(28)9-20(27)13-31-25/h4-14,33,35H,15,29H2,1-3H3. The van der Waals surface area contributed by atoms with Gasteiger partial charge < -0.3 is 15.6 Å². The number of nitrogens with zero attached hydrogens (tertiary/aromatic N) is 4. The van der Waals surface area contributed by atoms with Crippen LogP contribution in [0.4, 0.5) is 14.5 Å². The van der Waals surface area contributed by atoms with Gasteiger partial charge >= 0.3 is 0 Å². The van der Waals surface area contributed by atoms with Gasteiger partial charge in [0.25, 0.3) is 0 Å². The summed E-state index contributed by atoms with van der Waals surface area (Å²) in [5, 5.41) is 14.3. The minimum absolute atomic E-state index is 0.0325. The molecule has 4 rings (SSSR count). The van der Waals surface area contributed by atoms with Crippen LogP contribution in [0.5, 0.6) is 0 Å².